The van der Waals surface area contributed by atoms with Crippen LogP contribution in [0.3, 0.4) is 0 Å². The van der Waals surface area contributed by atoms with E-state index in [1.165, 1.54) is 0 Å². The van der Waals surface area contributed by atoms with Crippen LogP contribution in [-0.2, 0) is 19.1 Å². The summed E-state index contributed by atoms with van der Waals surface area (Å²) < 4.78 is 9.35. The summed E-state index contributed by atoms with van der Waals surface area (Å²) in [4.78, 5) is 21.7. The number of ether oxygens (including phenoxy) is 2. The third kappa shape index (κ3) is 5.41. The molecule has 0 fully saturated rings. The number of aliphatic hydroxyl groups excluding tert-OH is 4. The number of hydrogen-bond donors (Lipinski definition) is 4. The lowest BCUT2D eigenvalue weighted by Crippen LogP contribution is -2.50. The van der Waals surface area contributed by atoms with Gasteiger partial charge in [0.05, 0.1) is 13.2 Å². The summed E-state index contributed by atoms with van der Waals surface area (Å²) in [5.74, 6) is -1.55. The third-order valence-corrected chi connectivity index (χ3v) is 2.08. The Morgan fingerprint density at radius 1 is 1.00 bits per heavy atom. The van der Waals surface area contributed by atoms with Crippen LogP contribution >= 0.6 is 0 Å². The van der Waals surface area contributed by atoms with Gasteiger partial charge < -0.3 is 29.9 Å². The monoisotopic (exact) mass is 266 g/mol. The minimum atomic E-state index is -1.70. The molecule has 0 aliphatic carbocycles. The number of esters is 2. The maximum atomic E-state index is 10.9. The summed E-state index contributed by atoms with van der Waals surface area (Å²) in [5.41, 5.74) is 0. The van der Waals surface area contributed by atoms with Crippen molar-refractivity contribution in [2.24, 2.45) is 0 Å². The molecule has 0 aliphatic heterocycles. The Morgan fingerprint density at radius 2 is 1.50 bits per heavy atom. The molecule has 0 aliphatic rings. The number of aliphatic hydroxyl groups is 4. The van der Waals surface area contributed by atoms with E-state index in [4.69, 9.17) is 14.9 Å². The summed E-state index contributed by atoms with van der Waals surface area (Å²) in [7, 11) is 0. The lowest BCUT2D eigenvalue weighted by molar-refractivity contribution is -0.187. The van der Waals surface area contributed by atoms with Crippen molar-refractivity contribution in [2.75, 3.05) is 13.2 Å². The quantitative estimate of drug-likeness (QED) is 0.373. The Hall–Kier alpha value is -1.22. The van der Waals surface area contributed by atoms with Crippen LogP contribution < -0.4 is 0 Å². The lowest BCUT2D eigenvalue weighted by atomic mass is 10.0. The first-order chi connectivity index (χ1) is 8.33. The fraction of sp³-hybridized carbons (Fsp3) is 0.800. The van der Waals surface area contributed by atoms with E-state index in [1.54, 1.807) is 0 Å². The van der Waals surface area contributed by atoms with Crippen molar-refractivity contribution in [3.05, 3.63) is 0 Å². The molecule has 0 bridgehead atoms. The van der Waals surface area contributed by atoms with Gasteiger partial charge in [-0.2, -0.15) is 0 Å². The smallest absolute Gasteiger partial charge is 0.303 e. The second kappa shape index (κ2) is 7.98. The van der Waals surface area contributed by atoms with Crippen LogP contribution in [0.1, 0.15) is 13.8 Å². The molecule has 0 aromatic heterocycles. The number of rotatable bonds is 7. The highest BCUT2D eigenvalue weighted by Gasteiger charge is 2.37. The zero-order valence-electron chi connectivity index (χ0n) is 10.1. The average molecular weight is 266 g/mol. The van der Waals surface area contributed by atoms with E-state index >= 15 is 0 Å². The van der Waals surface area contributed by atoms with Gasteiger partial charge in [-0.25, -0.2) is 0 Å². The van der Waals surface area contributed by atoms with E-state index < -0.39 is 49.6 Å². The highest BCUT2D eigenvalue weighted by Crippen LogP contribution is 2.13. The first kappa shape index (κ1) is 16.8. The topological polar surface area (TPSA) is 134 Å². The molecule has 4 atom stereocenters. The SMILES string of the molecule is CC(=O)O[C@H]([C@@H](O)[C@@H](O)CO)[C@@H](CO)OC(C)=O. The van der Waals surface area contributed by atoms with Gasteiger partial charge in [0, 0.05) is 13.8 Å². The largest absolute Gasteiger partial charge is 0.456 e. The summed E-state index contributed by atoms with van der Waals surface area (Å²) in [6.45, 7) is 0.624. The Kier molecular flexibility index (Phi) is 7.44. The zero-order valence-corrected chi connectivity index (χ0v) is 10.1. The molecule has 8 heteroatoms. The molecule has 0 radical (unpaired) electrons. The number of carbonyl (C=O) groups excluding carboxylic acids is 2. The molecule has 0 amide bonds. The van der Waals surface area contributed by atoms with Crippen LogP contribution in [0.5, 0.6) is 0 Å². The summed E-state index contributed by atoms with van der Waals surface area (Å²) in [6, 6.07) is 0. The molecule has 0 saturated heterocycles. The van der Waals surface area contributed by atoms with Gasteiger partial charge in [0.15, 0.2) is 12.2 Å². The third-order valence-electron chi connectivity index (χ3n) is 2.08. The Balaban J connectivity index is 4.92. The molecule has 0 aromatic rings. The first-order valence-corrected chi connectivity index (χ1v) is 5.25. The fourth-order valence-corrected chi connectivity index (χ4v) is 1.31. The maximum Gasteiger partial charge on any atom is 0.303 e. The van der Waals surface area contributed by atoms with Crippen LogP contribution in [0.4, 0.5) is 0 Å². The average Bonchev–Trinajstić information content (AvgIpc) is 2.30. The second-order valence-corrected chi connectivity index (χ2v) is 3.65. The molecule has 0 aromatic carbocycles. The van der Waals surface area contributed by atoms with Gasteiger partial charge in [-0.3, -0.25) is 9.59 Å². The van der Waals surface area contributed by atoms with Gasteiger partial charge in [-0.15, -0.1) is 0 Å². The van der Waals surface area contributed by atoms with E-state index in [0.717, 1.165) is 13.8 Å². The predicted octanol–water partition coefficient (Wildman–Crippen LogP) is -2.44. The van der Waals surface area contributed by atoms with Crippen LogP contribution in [0.25, 0.3) is 0 Å². The van der Waals surface area contributed by atoms with Crippen molar-refractivity contribution in [1.29, 1.82) is 0 Å². The van der Waals surface area contributed by atoms with Gasteiger partial charge in [-0.05, 0) is 0 Å². The van der Waals surface area contributed by atoms with Gasteiger partial charge in [0.25, 0.3) is 0 Å². The van der Waals surface area contributed by atoms with Gasteiger partial charge in [-0.1, -0.05) is 0 Å². The van der Waals surface area contributed by atoms with Crippen LogP contribution in [0.2, 0.25) is 0 Å². The summed E-state index contributed by atoms with van der Waals surface area (Å²) in [5, 5.41) is 36.7. The highest BCUT2D eigenvalue weighted by molar-refractivity contribution is 5.67. The highest BCUT2D eigenvalue weighted by atomic mass is 16.6. The van der Waals surface area contributed by atoms with Crippen LogP contribution in [0, 0.1) is 0 Å². The molecule has 0 unspecified atom stereocenters. The van der Waals surface area contributed by atoms with Crippen molar-refractivity contribution >= 4 is 11.9 Å². The Morgan fingerprint density at radius 3 is 1.83 bits per heavy atom. The van der Waals surface area contributed by atoms with Gasteiger partial charge in [0.1, 0.15) is 12.2 Å². The van der Waals surface area contributed by atoms with Crippen molar-refractivity contribution in [2.45, 2.75) is 38.3 Å². The summed E-state index contributed by atoms with van der Waals surface area (Å²) in [6.07, 6.45) is -6.10. The van der Waals surface area contributed by atoms with E-state index in [0.29, 0.717) is 0 Å². The first-order valence-electron chi connectivity index (χ1n) is 5.25. The molecule has 0 saturated carbocycles. The van der Waals surface area contributed by atoms with E-state index in [9.17, 15) is 19.8 Å². The Bertz CT molecular complexity index is 279. The normalized spacial score (nSPS) is 17.4. The second-order valence-electron chi connectivity index (χ2n) is 3.65. The number of carbonyl (C=O) groups is 2. The molecule has 4 N–H and O–H groups in total. The number of hydrogen-bond acceptors (Lipinski definition) is 8. The lowest BCUT2D eigenvalue weighted by Gasteiger charge is -2.30. The fourth-order valence-electron chi connectivity index (χ4n) is 1.31. The van der Waals surface area contributed by atoms with E-state index in [2.05, 4.69) is 4.74 Å². The van der Waals surface area contributed by atoms with Crippen molar-refractivity contribution in [3.63, 3.8) is 0 Å². The molecular weight excluding hydrogens is 248 g/mol. The maximum absolute atomic E-state index is 10.9. The molecule has 8 nitrogen and oxygen atoms in total. The van der Waals surface area contributed by atoms with E-state index in [-0.39, 0.29) is 0 Å². The van der Waals surface area contributed by atoms with Crippen LogP contribution in [0.15, 0.2) is 0 Å². The van der Waals surface area contributed by atoms with Crippen molar-refractivity contribution in [3.8, 4) is 0 Å². The van der Waals surface area contributed by atoms with E-state index in [1.807, 2.05) is 0 Å². The molecule has 106 valence electrons. The minimum absolute atomic E-state index is 0.716. The van der Waals surface area contributed by atoms with Gasteiger partial charge in [0.2, 0.25) is 0 Å². The zero-order chi connectivity index (χ0) is 14.3. The van der Waals surface area contributed by atoms with Crippen molar-refractivity contribution in [1.82, 2.24) is 0 Å². The van der Waals surface area contributed by atoms with Gasteiger partial charge >= 0.3 is 11.9 Å². The minimum Gasteiger partial charge on any atom is -0.456 e. The molecule has 0 heterocycles. The van der Waals surface area contributed by atoms with Crippen molar-refractivity contribution < 1.29 is 39.5 Å². The summed E-state index contributed by atoms with van der Waals surface area (Å²) >= 11 is 0. The Labute approximate surface area is 104 Å². The standard InChI is InChI=1S/C10H18O8/c1-5(13)17-8(4-12)10(18-6(2)14)9(16)7(15)3-11/h7-12,15-16H,3-4H2,1-2H3/t7-,8+,9-,10-/m0/s1. The molecule has 0 rings (SSSR count). The molecular formula is C10H18O8. The predicted molar refractivity (Wildman–Crippen MR) is 57.3 cm³/mol. The molecule has 0 spiro atoms. The van der Waals surface area contributed by atoms with Crippen LogP contribution in [-0.4, -0.2) is 70.0 Å². The molecule has 18 heavy (non-hydrogen) atoms.